The Kier molecular flexibility index (Phi) is 6.82. The van der Waals surface area contributed by atoms with Gasteiger partial charge in [-0.05, 0) is 48.7 Å². The second kappa shape index (κ2) is 9.73. The molecule has 27 heavy (non-hydrogen) atoms. The molecule has 0 radical (unpaired) electrons. The molecule has 1 heterocycles. The molecule has 0 saturated carbocycles. The van der Waals surface area contributed by atoms with Crippen LogP contribution >= 0.6 is 11.6 Å². The van der Waals surface area contributed by atoms with E-state index in [4.69, 9.17) is 11.6 Å². The van der Waals surface area contributed by atoms with Crippen LogP contribution in [0.15, 0.2) is 66.2 Å². The Morgan fingerprint density at radius 3 is 2.44 bits per heavy atom. The molecule has 0 aliphatic heterocycles. The van der Waals surface area contributed by atoms with E-state index in [9.17, 15) is 0 Å². The van der Waals surface area contributed by atoms with Crippen molar-refractivity contribution in [3.63, 3.8) is 0 Å². The predicted octanol–water partition coefficient (Wildman–Crippen LogP) is 3.22. The minimum absolute atomic E-state index is 0.605. The van der Waals surface area contributed by atoms with Gasteiger partial charge in [0.05, 0.1) is 12.2 Å². The molecule has 0 aliphatic carbocycles. The highest BCUT2D eigenvalue weighted by Crippen LogP contribution is 2.10. The minimum atomic E-state index is 0.605. The highest BCUT2D eigenvalue weighted by Gasteiger charge is 2.00. The lowest BCUT2D eigenvalue weighted by molar-refractivity contribution is 0.799. The number of hydrogen-bond acceptors (Lipinski definition) is 3. The van der Waals surface area contributed by atoms with Crippen molar-refractivity contribution in [1.82, 2.24) is 25.4 Å². The Balaban J connectivity index is 1.54. The third-order valence-corrected chi connectivity index (χ3v) is 4.25. The number of hydrogen-bond donors (Lipinski definition) is 2. The Bertz CT molecular complexity index is 841. The summed E-state index contributed by atoms with van der Waals surface area (Å²) in [6.45, 7) is 4.29. The molecular weight excluding hydrogens is 360 g/mol. The first kappa shape index (κ1) is 18.9. The van der Waals surface area contributed by atoms with Crippen LogP contribution in [0.3, 0.4) is 0 Å². The maximum absolute atomic E-state index is 5.92. The quantitative estimate of drug-likeness (QED) is 0.486. The third kappa shape index (κ3) is 5.82. The molecule has 0 amide bonds. The van der Waals surface area contributed by atoms with Crippen LogP contribution in [0, 0.1) is 0 Å². The van der Waals surface area contributed by atoms with E-state index in [0.29, 0.717) is 6.54 Å². The molecule has 0 atom stereocenters. The number of nitrogens with zero attached hydrogens (tertiary/aromatic N) is 4. The Morgan fingerprint density at radius 2 is 1.78 bits per heavy atom. The zero-order valence-electron chi connectivity index (χ0n) is 15.3. The number of aromatic nitrogens is 3. The second-order valence-electron chi connectivity index (χ2n) is 6.00. The zero-order valence-corrected chi connectivity index (χ0v) is 16.0. The SMILES string of the molecule is CCNC(=NCc1ccc(-n2cncn2)cc1)NCCc1ccc(Cl)cc1. The largest absolute Gasteiger partial charge is 0.357 e. The number of halogens is 1. The van der Waals surface area contributed by atoms with Crippen molar-refractivity contribution >= 4 is 17.6 Å². The summed E-state index contributed by atoms with van der Waals surface area (Å²) in [4.78, 5) is 8.62. The van der Waals surface area contributed by atoms with Crippen molar-refractivity contribution in [3.05, 3.63) is 77.3 Å². The lowest BCUT2D eigenvalue weighted by Crippen LogP contribution is -2.38. The van der Waals surface area contributed by atoms with E-state index >= 15 is 0 Å². The fourth-order valence-corrected chi connectivity index (χ4v) is 2.71. The molecule has 0 spiro atoms. The van der Waals surface area contributed by atoms with E-state index < -0.39 is 0 Å². The van der Waals surface area contributed by atoms with Crippen molar-refractivity contribution in [2.24, 2.45) is 4.99 Å². The van der Waals surface area contributed by atoms with E-state index in [2.05, 4.69) is 44.8 Å². The van der Waals surface area contributed by atoms with Crippen molar-refractivity contribution in [2.45, 2.75) is 19.9 Å². The summed E-state index contributed by atoms with van der Waals surface area (Å²) in [6.07, 6.45) is 4.12. The lowest BCUT2D eigenvalue weighted by Gasteiger charge is -2.11. The fraction of sp³-hybridized carbons (Fsp3) is 0.250. The number of rotatable bonds is 7. The van der Waals surface area contributed by atoms with Crippen molar-refractivity contribution in [2.75, 3.05) is 13.1 Å². The maximum Gasteiger partial charge on any atom is 0.191 e. The molecule has 0 bridgehead atoms. The summed E-state index contributed by atoms with van der Waals surface area (Å²) in [7, 11) is 0. The first-order valence-corrected chi connectivity index (χ1v) is 9.33. The summed E-state index contributed by atoms with van der Waals surface area (Å²) in [6, 6.07) is 16.1. The minimum Gasteiger partial charge on any atom is -0.357 e. The van der Waals surface area contributed by atoms with Gasteiger partial charge in [-0.3, -0.25) is 0 Å². The van der Waals surface area contributed by atoms with Crippen LogP contribution in [0.1, 0.15) is 18.1 Å². The molecule has 0 unspecified atom stereocenters. The highest BCUT2D eigenvalue weighted by molar-refractivity contribution is 6.30. The van der Waals surface area contributed by atoms with Crippen LogP contribution in [0.4, 0.5) is 0 Å². The molecule has 140 valence electrons. The molecule has 0 aliphatic rings. The smallest absolute Gasteiger partial charge is 0.191 e. The molecule has 6 nitrogen and oxygen atoms in total. The average Bonchev–Trinajstić information content (AvgIpc) is 3.23. The van der Waals surface area contributed by atoms with Gasteiger partial charge in [-0.2, -0.15) is 5.10 Å². The molecule has 3 rings (SSSR count). The zero-order chi connectivity index (χ0) is 18.9. The Hall–Kier alpha value is -2.86. The Labute approximate surface area is 164 Å². The van der Waals surface area contributed by atoms with E-state index in [0.717, 1.165) is 41.7 Å². The fourth-order valence-electron chi connectivity index (χ4n) is 2.58. The molecule has 7 heteroatoms. The standard InChI is InChI=1S/C20H23ClN6/c1-2-23-20(24-12-11-16-3-7-18(21)8-4-16)25-13-17-5-9-19(10-6-17)27-15-22-14-26-27/h3-10,14-15H,2,11-13H2,1H3,(H2,23,24,25). The maximum atomic E-state index is 5.92. The predicted molar refractivity (Wildman–Crippen MR) is 109 cm³/mol. The first-order chi connectivity index (χ1) is 13.2. The number of nitrogens with one attached hydrogen (secondary N) is 2. The van der Waals surface area contributed by atoms with Crippen molar-refractivity contribution in [3.8, 4) is 5.69 Å². The van der Waals surface area contributed by atoms with E-state index in [1.165, 1.54) is 11.9 Å². The monoisotopic (exact) mass is 382 g/mol. The van der Waals surface area contributed by atoms with E-state index in [1.54, 1.807) is 11.0 Å². The molecular formula is C20H23ClN6. The van der Waals surface area contributed by atoms with Gasteiger partial charge in [-0.25, -0.2) is 14.7 Å². The third-order valence-electron chi connectivity index (χ3n) is 4.00. The van der Waals surface area contributed by atoms with Gasteiger partial charge in [-0.1, -0.05) is 35.9 Å². The van der Waals surface area contributed by atoms with Gasteiger partial charge in [-0.15, -0.1) is 0 Å². The van der Waals surface area contributed by atoms with Gasteiger partial charge in [0, 0.05) is 18.1 Å². The molecule has 2 aromatic carbocycles. The summed E-state index contributed by atoms with van der Waals surface area (Å²) in [5.74, 6) is 0.812. The van der Waals surface area contributed by atoms with E-state index in [1.807, 2.05) is 36.4 Å². The number of benzene rings is 2. The van der Waals surface area contributed by atoms with Crippen LogP contribution in [0.5, 0.6) is 0 Å². The molecule has 0 fully saturated rings. The number of guanidine groups is 1. The van der Waals surface area contributed by atoms with Crippen LogP contribution in [-0.4, -0.2) is 33.8 Å². The van der Waals surface area contributed by atoms with Gasteiger partial charge < -0.3 is 10.6 Å². The molecule has 3 aromatic rings. The summed E-state index contributed by atoms with van der Waals surface area (Å²) in [5, 5.41) is 11.5. The Morgan fingerprint density at radius 1 is 1.04 bits per heavy atom. The van der Waals surface area contributed by atoms with Gasteiger partial charge in [0.15, 0.2) is 5.96 Å². The van der Waals surface area contributed by atoms with Crippen molar-refractivity contribution < 1.29 is 0 Å². The first-order valence-electron chi connectivity index (χ1n) is 8.95. The topological polar surface area (TPSA) is 67.1 Å². The van der Waals surface area contributed by atoms with Gasteiger partial charge >= 0.3 is 0 Å². The van der Waals surface area contributed by atoms with Gasteiger partial charge in [0.25, 0.3) is 0 Å². The van der Waals surface area contributed by atoms with Gasteiger partial charge in [0.2, 0.25) is 0 Å². The second-order valence-corrected chi connectivity index (χ2v) is 6.44. The molecule has 0 saturated heterocycles. The number of aliphatic imine (C=N–C) groups is 1. The van der Waals surface area contributed by atoms with E-state index in [-0.39, 0.29) is 0 Å². The van der Waals surface area contributed by atoms with Crippen molar-refractivity contribution in [1.29, 1.82) is 0 Å². The summed E-state index contributed by atoms with van der Waals surface area (Å²) >= 11 is 5.92. The van der Waals surface area contributed by atoms with Gasteiger partial charge in [0.1, 0.15) is 12.7 Å². The van der Waals surface area contributed by atoms with Crippen LogP contribution in [0.2, 0.25) is 5.02 Å². The average molecular weight is 383 g/mol. The summed E-state index contributed by atoms with van der Waals surface area (Å²) < 4.78 is 1.73. The molecule has 2 N–H and O–H groups in total. The lowest BCUT2D eigenvalue weighted by atomic mass is 10.1. The van der Waals surface area contributed by atoms with Crippen LogP contribution < -0.4 is 10.6 Å². The highest BCUT2D eigenvalue weighted by atomic mass is 35.5. The van der Waals surface area contributed by atoms with Crippen LogP contribution in [-0.2, 0) is 13.0 Å². The van der Waals surface area contributed by atoms with Crippen LogP contribution in [0.25, 0.3) is 5.69 Å². The summed E-state index contributed by atoms with van der Waals surface area (Å²) in [5.41, 5.74) is 3.36. The molecule has 1 aromatic heterocycles. The normalized spacial score (nSPS) is 11.4.